The zero-order valence-corrected chi connectivity index (χ0v) is 11.9. The van der Waals surface area contributed by atoms with Crippen LogP contribution < -0.4 is 5.32 Å². The molecule has 0 aliphatic rings. The van der Waals surface area contributed by atoms with Crippen molar-refractivity contribution < 1.29 is 4.79 Å². The minimum absolute atomic E-state index is 0.122. The van der Waals surface area contributed by atoms with Gasteiger partial charge in [0.2, 0.25) is 5.91 Å². The molecule has 0 saturated heterocycles. The molecule has 1 aromatic carbocycles. The van der Waals surface area contributed by atoms with E-state index in [9.17, 15) is 4.79 Å². The molecule has 0 fully saturated rings. The summed E-state index contributed by atoms with van der Waals surface area (Å²) in [6.07, 6.45) is 1.59. The molecule has 0 aliphatic heterocycles. The summed E-state index contributed by atoms with van der Waals surface area (Å²) < 4.78 is 1.76. The lowest BCUT2D eigenvalue weighted by Gasteiger charge is -2.11. The molecule has 1 amide bonds. The molecule has 0 aliphatic carbocycles. The van der Waals surface area contributed by atoms with Crippen LogP contribution in [0.4, 0.5) is 5.69 Å². The smallest absolute Gasteiger partial charge is 0.237 e. The van der Waals surface area contributed by atoms with Crippen LogP contribution in [-0.4, -0.2) is 25.9 Å². The third kappa shape index (κ3) is 3.36. The van der Waals surface area contributed by atoms with Crippen molar-refractivity contribution in [3.05, 3.63) is 36.2 Å². The Kier molecular flexibility index (Phi) is 4.38. The molecule has 0 radical (unpaired) electrons. The Bertz CT molecular complexity index is 644. The van der Waals surface area contributed by atoms with E-state index in [2.05, 4.69) is 15.5 Å². The van der Waals surface area contributed by atoms with Gasteiger partial charge in [0.1, 0.15) is 6.33 Å². The van der Waals surface area contributed by atoms with Crippen LogP contribution in [0.15, 0.2) is 35.7 Å². The highest BCUT2D eigenvalue weighted by Gasteiger charge is 2.17. The standard InChI is InChI=1S/C13H13N5OS/c1-9(20-13-17-15-8-18(13)2)12(19)16-11-5-3-10(7-14)4-6-11/h3-6,8-9H,1-2H3,(H,16,19)/t9-/m1/s1. The summed E-state index contributed by atoms with van der Waals surface area (Å²) >= 11 is 1.34. The van der Waals surface area contributed by atoms with Crippen molar-refractivity contribution in [3.8, 4) is 6.07 Å². The number of thioether (sulfide) groups is 1. The van der Waals surface area contributed by atoms with Crippen LogP contribution in [-0.2, 0) is 11.8 Å². The van der Waals surface area contributed by atoms with Crippen molar-refractivity contribution in [1.29, 1.82) is 5.26 Å². The maximum Gasteiger partial charge on any atom is 0.237 e. The molecule has 7 heteroatoms. The summed E-state index contributed by atoms with van der Waals surface area (Å²) in [5.41, 5.74) is 1.23. The van der Waals surface area contributed by atoms with Crippen molar-refractivity contribution in [3.63, 3.8) is 0 Å². The normalized spacial score (nSPS) is 11.7. The van der Waals surface area contributed by atoms with Crippen LogP contribution in [0.3, 0.4) is 0 Å². The van der Waals surface area contributed by atoms with Crippen LogP contribution in [0.25, 0.3) is 0 Å². The Morgan fingerprint density at radius 2 is 2.15 bits per heavy atom. The third-order valence-electron chi connectivity index (χ3n) is 2.60. The number of hydrogen-bond acceptors (Lipinski definition) is 5. The number of hydrogen-bond donors (Lipinski definition) is 1. The zero-order valence-electron chi connectivity index (χ0n) is 11.1. The number of nitriles is 1. The second-order valence-corrected chi connectivity index (χ2v) is 5.47. The predicted molar refractivity (Wildman–Crippen MR) is 76.1 cm³/mol. The first-order valence-corrected chi connectivity index (χ1v) is 6.80. The summed E-state index contributed by atoms with van der Waals surface area (Å²) in [6, 6.07) is 8.77. The lowest BCUT2D eigenvalue weighted by molar-refractivity contribution is -0.115. The van der Waals surface area contributed by atoms with Gasteiger partial charge in [-0.1, -0.05) is 11.8 Å². The average Bonchev–Trinajstić information content (AvgIpc) is 2.85. The molecule has 0 unspecified atom stereocenters. The number of carbonyl (C=O) groups excluding carboxylic acids is 1. The van der Waals surface area contributed by atoms with Crippen LogP contribution in [0.1, 0.15) is 12.5 Å². The van der Waals surface area contributed by atoms with E-state index in [1.54, 1.807) is 42.1 Å². The van der Waals surface area contributed by atoms with E-state index in [1.807, 2.05) is 13.1 Å². The monoisotopic (exact) mass is 287 g/mol. The van der Waals surface area contributed by atoms with Gasteiger partial charge in [-0.3, -0.25) is 4.79 Å². The first-order valence-electron chi connectivity index (χ1n) is 5.92. The number of aryl methyl sites for hydroxylation is 1. The third-order valence-corrected chi connectivity index (χ3v) is 3.75. The van der Waals surface area contributed by atoms with Crippen molar-refractivity contribution in [1.82, 2.24) is 14.8 Å². The summed E-state index contributed by atoms with van der Waals surface area (Å²) in [5.74, 6) is -0.122. The minimum Gasteiger partial charge on any atom is -0.325 e. The summed E-state index contributed by atoms with van der Waals surface area (Å²) in [6.45, 7) is 1.80. The summed E-state index contributed by atoms with van der Waals surface area (Å²) in [5, 5.41) is 19.6. The molecule has 1 heterocycles. The van der Waals surface area contributed by atoms with Gasteiger partial charge in [-0.25, -0.2) is 0 Å². The number of amides is 1. The van der Waals surface area contributed by atoms with E-state index in [-0.39, 0.29) is 11.2 Å². The molecule has 2 aromatic rings. The maximum absolute atomic E-state index is 12.1. The lowest BCUT2D eigenvalue weighted by atomic mass is 10.2. The molecule has 0 bridgehead atoms. The number of carbonyl (C=O) groups is 1. The van der Waals surface area contributed by atoms with Gasteiger partial charge in [-0.15, -0.1) is 10.2 Å². The van der Waals surface area contributed by atoms with E-state index >= 15 is 0 Å². The second-order valence-electron chi connectivity index (χ2n) is 4.16. The molecular formula is C13H13N5OS. The van der Waals surface area contributed by atoms with Crippen molar-refractivity contribution in [2.45, 2.75) is 17.3 Å². The number of rotatable bonds is 4. The number of benzene rings is 1. The largest absolute Gasteiger partial charge is 0.325 e. The Balaban J connectivity index is 1.97. The van der Waals surface area contributed by atoms with E-state index in [4.69, 9.17) is 5.26 Å². The fourth-order valence-electron chi connectivity index (χ4n) is 1.46. The first kappa shape index (κ1) is 14.1. The van der Waals surface area contributed by atoms with Gasteiger partial charge in [-0.2, -0.15) is 5.26 Å². The number of nitrogens with one attached hydrogen (secondary N) is 1. The zero-order chi connectivity index (χ0) is 14.5. The van der Waals surface area contributed by atoms with Crippen LogP contribution in [0, 0.1) is 11.3 Å². The highest BCUT2D eigenvalue weighted by Crippen LogP contribution is 2.21. The molecule has 20 heavy (non-hydrogen) atoms. The van der Waals surface area contributed by atoms with E-state index < -0.39 is 0 Å². The molecule has 102 valence electrons. The van der Waals surface area contributed by atoms with Gasteiger partial charge in [0.05, 0.1) is 16.9 Å². The number of nitrogens with zero attached hydrogens (tertiary/aromatic N) is 4. The predicted octanol–water partition coefficient (Wildman–Crippen LogP) is 1.81. The molecule has 0 saturated carbocycles. The molecule has 6 nitrogen and oxygen atoms in total. The van der Waals surface area contributed by atoms with Crippen molar-refractivity contribution in [2.24, 2.45) is 7.05 Å². The van der Waals surface area contributed by atoms with E-state index in [1.165, 1.54) is 11.8 Å². The molecule has 1 aromatic heterocycles. The van der Waals surface area contributed by atoms with Gasteiger partial charge >= 0.3 is 0 Å². The molecular weight excluding hydrogens is 274 g/mol. The summed E-state index contributed by atoms with van der Waals surface area (Å²) in [7, 11) is 1.83. The minimum atomic E-state index is -0.298. The quantitative estimate of drug-likeness (QED) is 0.867. The first-order chi connectivity index (χ1) is 9.60. The summed E-state index contributed by atoms with van der Waals surface area (Å²) in [4.78, 5) is 12.1. The van der Waals surface area contributed by atoms with Gasteiger partial charge in [0, 0.05) is 12.7 Å². The molecule has 1 atom stereocenters. The fourth-order valence-corrected chi connectivity index (χ4v) is 2.25. The second kappa shape index (κ2) is 6.21. The van der Waals surface area contributed by atoms with Gasteiger partial charge in [-0.05, 0) is 31.2 Å². The number of aromatic nitrogens is 3. The lowest BCUT2D eigenvalue weighted by Crippen LogP contribution is -2.22. The fraction of sp³-hybridized carbons (Fsp3) is 0.231. The van der Waals surface area contributed by atoms with Crippen LogP contribution >= 0.6 is 11.8 Å². The maximum atomic E-state index is 12.1. The van der Waals surface area contributed by atoms with Gasteiger partial charge in [0.25, 0.3) is 0 Å². The van der Waals surface area contributed by atoms with Crippen LogP contribution in [0.5, 0.6) is 0 Å². The Morgan fingerprint density at radius 3 is 2.70 bits per heavy atom. The van der Waals surface area contributed by atoms with E-state index in [0.717, 1.165) is 0 Å². The Hall–Kier alpha value is -2.33. The molecule has 2 rings (SSSR count). The van der Waals surface area contributed by atoms with Crippen molar-refractivity contribution >= 4 is 23.4 Å². The SMILES string of the molecule is C[C@@H](Sc1nncn1C)C(=O)Nc1ccc(C#N)cc1. The highest BCUT2D eigenvalue weighted by molar-refractivity contribution is 8.00. The van der Waals surface area contributed by atoms with Gasteiger partial charge < -0.3 is 9.88 Å². The topological polar surface area (TPSA) is 83.6 Å². The highest BCUT2D eigenvalue weighted by atomic mass is 32.2. The van der Waals surface area contributed by atoms with Gasteiger partial charge in [0.15, 0.2) is 5.16 Å². The van der Waals surface area contributed by atoms with E-state index in [0.29, 0.717) is 16.4 Å². The number of anilines is 1. The average molecular weight is 287 g/mol. The Labute approximate surface area is 120 Å². The van der Waals surface area contributed by atoms with Crippen molar-refractivity contribution in [2.75, 3.05) is 5.32 Å². The molecule has 0 spiro atoms. The Morgan fingerprint density at radius 1 is 1.45 bits per heavy atom. The van der Waals surface area contributed by atoms with Crippen LogP contribution in [0.2, 0.25) is 0 Å². The molecule has 1 N–H and O–H groups in total.